The fraction of sp³-hybridized carbons (Fsp3) is 0.692. The van der Waals surface area contributed by atoms with E-state index in [-0.39, 0.29) is 0 Å². The molecule has 0 atom stereocenters. The highest BCUT2D eigenvalue weighted by Crippen LogP contribution is 2.43. The number of rotatable bonds is 2. The van der Waals surface area contributed by atoms with Crippen molar-refractivity contribution in [2.75, 3.05) is 12.3 Å². The Balaban J connectivity index is 1.55. The van der Waals surface area contributed by atoms with Crippen LogP contribution >= 0.6 is 11.8 Å². The van der Waals surface area contributed by atoms with Crippen molar-refractivity contribution in [2.45, 2.75) is 32.2 Å². The molecule has 18 heavy (non-hydrogen) atoms. The number of thioether (sulfide) groups is 1. The Morgan fingerprint density at radius 2 is 2.28 bits per heavy atom. The van der Waals surface area contributed by atoms with Crippen molar-refractivity contribution in [1.82, 2.24) is 14.9 Å². The molecule has 1 aliphatic carbocycles. The zero-order chi connectivity index (χ0) is 12.4. The lowest BCUT2D eigenvalue weighted by Gasteiger charge is -2.31. The Morgan fingerprint density at radius 1 is 1.44 bits per heavy atom. The maximum Gasteiger partial charge on any atom is 0.156 e. The third kappa shape index (κ3) is 2.41. The van der Waals surface area contributed by atoms with Gasteiger partial charge in [-0.15, -0.1) is 0 Å². The molecule has 1 aromatic heterocycles. The van der Waals surface area contributed by atoms with Gasteiger partial charge in [-0.3, -0.25) is 4.99 Å². The molecule has 0 radical (unpaired) electrons. The molecule has 1 saturated carbocycles. The average molecular weight is 264 g/mol. The van der Waals surface area contributed by atoms with E-state index in [1.165, 1.54) is 31.4 Å². The summed E-state index contributed by atoms with van der Waals surface area (Å²) >= 11 is 1.89. The van der Waals surface area contributed by atoms with Gasteiger partial charge in [-0.1, -0.05) is 24.6 Å². The van der Waals surface area contributed by atoms with E-state index in [0.717, 1.165) is 24.1 Å². The Kier molecular flexibility index (Phi) is 3.33. The number of imidazole rings is 1. The minimum absolute atomic E-state index is 0.527. The van der Waals surface area contributed by atoms with Crippen LogP contribution in [0.25, 0.3) is 0 Å². The van der Waals surface area contributed by atoms with E-state index >= 15 is 0 Å². The molecule has 98 valence electrons. The topological polar surface area (TPSA) is 42.2 Å². The first-order chi connectivity index (χ1) is 8.77. The normalized spacial score (nSPS) is 22.2. The minimum atomic E-state index is 0.527. The first-order valence-electron chi connectivity index (χ1n) is 6.65. The SMILES string of the molecule is Cn1ccnc1CNC1=NCC2(CCCC2)CS1. The molecule has 0 saturated heterocycles. The molecule has 4 nitrogen and oxygen atoms in total. The lowest BCUT2D eigenvalue weighted by atomic mass is 9.89. The predicted octanol–water partition coefficient (Wildman–Crippen LogP) is 2.17. The lowest BCUT2D eigenvalue weighted by molar-refractivity contribution is 0.358. The molecule has 2 aliphatic rings. The molecule has 1 fully saturated rings. The summed E-state index contributed by atoms with van der Waals surface area (Å²) in [7, 11) is 2.02. The van der Waals surface area contributed by atoms with E-state index in [4.69, 9.17) is 4.99 Å². The Hall–Kier alpha value is -0.970. The van der Waals surface area contributed by atoms with Crippen LogP contribution in [0.1, 0.15) is 31.5 Å². The van der Waals surface area contributed by atoms with Crippen LogP contribution < -0.4 is 5.32 Å². The second kappa shape index (κ2) is 4.96. The molecule has 2 heterocycles. The quantitative estimate of drug-likeness (QED) is 0.890. The van der Waals surface area contributed by atoms with Crippen LogP contribution in [0.4, 0.5) is 0 Å². The smallest absolute Gasteiger partial charge is 0.156 e. The van der Waals surface area contributed by atoms with Crippen molar-refractivity contribution in [3.8, 4) is 0 Å². The largest absolute Gasteiger partial charge is 0.358 e. The predicted molar refractivity (Wildman–Crippen MR) is 75.7 cm³/mol. The monoisotopic (exact) mass is 264 g/mol. The van der Waals surface area contributed by atoms with Crippen LogP contribution in [-0.4, -0.2) is 27.0 Å². The number of hydrogen-bond donors (Lipinski definition) is 1. The van der Waals surface area contributed by atoms with E-state index in [2.05, 4.69) is 10.3 Å². The van der Waals surface area contributed by atoms with Crippen molar-refractivity contribution in [3.05, 3.63) is 18.2 Å². The van der Waals surface area contributed by atoms with E-state index in [9.17, 15) is 0 Å². The van der Waals surface area contributed by atoms with Crippen molar-refractivity contribution in [3.63, 3.8) is 0 Å². The minimum Gasteiger partial charge on any atom is -0.358 e. The number of aromatic nitrogens is 2. The van der Waals surface area contributed by atoms with Gasteiger partial charge in [-0.2, -0.15) is 0 Å². The number of amidine groups is 1. The Bertz CT molecular complexity index is 446. The number of aliphatic imine (C=N–C) groups is 1. The third-order valence-corrected chi connectivity index (χ3v) is 5.36. The van der Waals surface area contributed by atoms with Gasteiger partial charge in [0.15, 0.2) is 5.17 Å². The number of aryl methyl sites for hydroxylation is 1. The molecule has 0 amide bonds. The van der Waals surface area contributed by atoms with Crippen molar-refractivity contribution >= 4 is 16.9 Å². The summed E-state index contributed by atoms with van der Waals surface area (Å²) in [6.45, 7) is 1.78. The highest BCUT2D eigenvalue weighted by molar-refractivity contribution is 8.13. The molecular weight excluding hydrogens is 244 g/mol. The molecule has 0 bridgehead atoms. The molecule has 1 aromatic rings. The van der Waals surface area contributed by atoms with Crippen LogP contribution in [-0.2, 0) is 13.6 Å². The van der Waals surface area contributed by atoms with Crippen molar-refractivity contribution < 1.29 is 0 Å². The van der Waals surface area contributed by atoms with E-state index in [1.807, 2.05) is 35.8 Å². The van der Waals surface area contributed by atoms with Gasteiger partial charge in [0.1, 0.15) is 5.82 Å². The fourth-order valence-electron chi connectivity index (χ4n) is 2.81. The second-order valence-electron chi connectivity index (χ2n) is 5.43. The zero-order valence-electron chi connectivity index (χ0n) is 10.9. The summed E-state index contributed by atoms with van der Waals surface area (Å²) in [5.74, 6) is 2.29. The molecule has 5 heteroatoms. The molecule has 1 spiro atoms. The summed E-state index contributed by atoms with van der Waals surface area (Å²) in [6, 6.07) is 0. The molecule has 1 N–H and O–H groups in total. The number of nitrogens with one attached hydrogen (secondary N) is 1. The summed E-state index contributed by atoms with van der Waals surface area (Å²) in [5, 5.41) is 4.49. The Labute approximate surface area is 112 Å². The summed E-state index contributed by atoms with van der Waals surface area (Å²) in [6.07, 6.45) is 9.34. The van der Waals surface area contributed by atoms with Gasteiger partial charge in [-0.05, 0) is 18.3 Å². The van der Waals surface area contributed by atoms with Gasteiger partial charge < -0.3 is 9.88 Å². The maximum absolute atomic E-state index is 4.73. The first kappa shape index (κ1) is 12.1. The highest BCUT2D eigenvalue weighted by atomic mass is 32.2. The third-order valence-electron chi connectivity index (χ3n) is 4.06. The van der Waals surface area contributed by atoms with Gasteiger partial charge >= 0.3 is 0 Å². The molecular formula is C13H20N4S. The standard InChI is InChI=1S/C13H20N4S/c1-17-7-6-14-11(17)8-15-12-16-9-13(10-18-12)4-2-3-5-13/h6-7H,2-5,8-10H2,1H3,(H,15,16). The highest BCUT2D eigenvalue weighted by Gasteiger charge is 2.36. The molecule has 0 unspecified atom stereocenters. The van der Waals surface area contributed by atoms with E-state index < -0.39 is 0 Å². The van der Waals surface area contributed by atoms with Crippen LogP contribution in [0.15, 0.2) is 17.4 Å². The Morgan fingerprint density at radius 3 is 2.89 bits per heavy atom. The first-order valence-corrected chi connectivity index (χ1v) is 7.63. The van der Waals surface area contributed by atoms with Crippen LogP contribution in [0, 0.1) is 5.41 Å². The maximum atomic E-state index is 4.73. The number of nitrogens with zero attached hydrogens (tertiary/aromatic N) is 3. The van der Waals surface area contributed by atoms with Crippen LogP contribution in [0.3, 0.4) is 0 Å². The van der Waals surface area contributed by atoms with Gasteiger partial charge in [0.05, 0.1) is 6.54 Å². The average Bonchev–Trinajstić information content (AvgIpc) is 2.99. The van der Waals surface area contributed by atoms with Crippen molar-refractivity contribution in [1.29, 1.82) is 0 Å². The lowest BCUT2D eigenvalue weighted by Crippen LogP contribution is -2.33. The van der Waals surface area contributed by atoms with Gasteiger partial charge in [-0.25, -0.2) is 4.98 Å². The van der Waals surface area contributed by atoms with E-state index in [1.54, 1.807) is 0 Å². The zero-order valence-corrected chi connectivity index (χ0v) is 11.7. The van der Waals surface area contributed by atoms with Crippen molar-refractivity contribution in [2.24, 2.45) is 17.5 Å². The van der Waals surface area contributed by atoms with Gasteiger partial charge in [0.2, 0.25) is 0 Å². The van der Waals surface area contributed by atoms with Crippen LogP contribution in [0.2, 0.25) is 0 Å². The summed E-state index contributed by atoms with van der Waals surface area (Å²) < 4.78 is 2.04. The molecule has 1 aliphatic heterocycles. The number of hydrogen-bond acceptors (Lipinski definition) is 4. The van der Waals surface area contributed by atoms with Crippen LogP contribution in [0.5, 0.6) is 0 Å². The van der Waals surface area contributed by atoms with Gasteiger partial charge in [0, 0.05) is 31.7 Å². The summed E-state index contributed by atoms with van der Waals surface area (Å²) in [4.78, 5) is 9.03. The summed E-state index contributed by atoms with van der Waals surface area (Å²) in [5.41, 5.74) is 0.527. The second-order valence-corrected chi connectivity index (χ2v) is 6.39. The van der Waals surface area contributed by atoms with Gasteiger partial charge in [0.25, 0.3) is 0 Å². The molecule has 0 aromatic carbocycles. The fourth-order valence-corrected chi connectivity index (χ4v) is 3.96. The molecule has 3 rings (SSSR count). The van der Waals surface area contributed by atoms with E-state index in [0.29, 0.717) is 5.41 Å².